The van der Waals surface area contributed by atoms with E-state index in [2.05, 4.69) is 5.32 Å². The van der Waals surface area contributed by atoms with Crippen molar-refractivity contribution < 1.29 is 10.0 Å². The maximum Gasteiger partial charge on any atom is 0.312 e. The van der Waals surface area contributed by atoms with Gasteiger partial charge in [-0.05, 0) is 19.1 Å². The summed E-state index contributed by atoms with van der Waals surface area (Å²) in [5.41, 5.74) is 6.34. The van der Waals surface area contributed by atoms with E-state index in [1.165, 1.54) is 0 Å². The smallest absolute Gasteiger partial charge is 0.312 e. The van der Waals surface area contributed by atoms with Crippen LogP contribution >= 0.6 is 0 Å². The maximum atomic E-state index is 10.7. The number of hydrogen-bond donors (Lipinski definition) is 3. The Morgan fingerprint density at radius 3 is 2.81 bits per heavy atom. The molecule has 5 heteroatoms. The minimum absolute atomic E-state index is 0.338. The Hall–Kier alpha value is -2.17. The fourth-order valence-electron chi connectivity index (χ4n) is 1.76. The maximum absolute atomic E-state index is 10.7. The molecule has 1 atom stereocenters. The Labute approximate surface area is 92.4 Å². The average molecular weight is 219 g/mol. The predicted octanol–water partition coefficient (Wildman–Crippen LogP) is 1.61. The molecule has 4 N–H and O–H groups in total. The summed E-state index contributed by atoms with van der Waals surface area (Å²) < 4.78 is 1.07. The van der Waals surface area contributed by atoms with E-state index in [9.17, 15) is 10.0 Å². The highest BCUT2D eigenvalue weighted by atomic mass is 16.5. The van der Waals surface area contributed by atoms with Gasteiger partial charge in [0.25, 0.3) is 0 Å². The summed E-state index contributed by atoms with van der Waals surface area (Å²) in [6.45, 7) is 1.76. The number of nitrogens with zero attached hydrogens (tertiary/aromatic N) is 1. The molecular formula is C11H13N3O2. The third kappa shape index (κ3) is 1.67. The number of urea groups is 1. The van der Waals surface area contributed by atoms with Crippen molar-refractivity contribution in [1.82, 2.24) is 10.0 Å². The van der Waals surface area contributed by atoms with Gasteiger partial charge in [-0.2, -0.15) is 4.73 Å². The largest absolute Gasteiger partial charge is 0.428 e. The van der Waals surface area contributed by atoms with Crippen molar-refractivity contribution in [2.24, 2.45) is 5.73 Å². The SMILES string of the molecule is CC(NC(N)=O)c1cc2ccccc2n1O. The van der Waals surface area contributed by atoms with Crippen LogP contribution in [0.5, 0.6) is 0 Å². The Morgan fingerprint density at radius 1 is 1.50 bits per heavy atom. The summed E-state index contributed by atoms with van der Waals surface area (Å²) in [5.74, 6) is 0. The van der Waals surface area contributed by atoms with Crippen molar-refractivity contribution >= 4 is 16.9 Å². The van der Waals surface area contributed by atoms with Gasteiger partial charge in [0.2, 0.25) is 0 Å². The summed E-state index contributed by atoms with van der Waals surface area (Å²) in [5, 5.41) is 13.3. The highest BCUT2D eigenvalue weighted by molar-refractivity contribution is 5.81. The molecule has 2 amide bonds. The zero-order chi connectivity index (χ0) is 11.7. The van der Waals surface area contributed by atoms with E-state index in [-0.39, 0.29) is 6.04 Å². The minimum atomic E-state index is -0.613. The number of primary amides is 1. The van der Waals surface area contributed by atoms with Gasteiger partial charge < -0.3 is 16.3 Å². The van der Waals surface area contributed by atoms with Crippen molar-refractivity contribution in [2.75, 3.05) is 0 Å². The second-order valence-corrected chi connectivity index (χ2v) is 3.67. The molecule has 0 aliphatic carbocycles. The summed E-state index contributed by atoms with van der Waals surface area (Å²) in [4.78, 5) is 10.7. The van der Waals surface area contributed by atoms with Gasteiger partial charge in [0, 0.05) is 5.39 Å². The van der Waals surface area contributed by atoms with Gasteiger partial charge in [0.05, 0.1) is 17.3 Å². The molecule has 2 aromatic rings. The molecule has 16 heavy (non-hydrogen) atoms. The number of fused-ring (bicyclic) bond motifs is 1. The normalized spacial score (nSPS) is 12.6. The van der Waals surface area contributed by atoms with Crippen molar-refractivity contribution in [1.29, 1.82) is 0 Å². The van der Waals surface area contributed by atoms with Gasteiger partial charge in [0.1, 0.15) is 0 Å². The van der Waals surface area contributed by atoms with Gasteiger partial charge in [-0.1, -0.05) is 18.2 Å². The molecule has 0 radical (unpaired) electrons. The Balaban J connectivity index is 2.45. The number of carbonyl (C=O) groups is 1. The van der Waals surface area contributed by atoms with E-state index < -0.39 is 6.03 Å². The number of nitrogens with two attached hydrogens (primary N) is 1. The zero-order valence-corrected chi connectivity index (χ0v) is 8.84. The van der Waals surface area contributed by atoms with Crippen LogP contribution in [0.2, 0.25) is 0 Å². The number of para-hydroxylation sites is 1. The highest BCUT2D eigenvalue weighted by Gasteiger charge is 2.14. The molecular weight excluding hydrogens is 206 g/mol. The van der Waals surface area contributed by atoms with Crippen LogP contribution in [-0.2, 0) is 0 Å². The van der Waals surface area contributed by atoms with E-state index in [1.54, 1.807) is 13.0 Å². The molecule has 1 heterocycles. The molecule has 0 spiro atoms. The number of carbonyl (C=O) groups excluding carboxylic acids is 1. The molecule has 1 aromatic carbocycles. The first-order valence-electron chi connectivity index (χ1n) is 4.95. The number of aromatic nitrogens is 1. The monoisotopic (exact) mass is 219 g/mol. The first-order chi connectivity index (χ1) is 7.59. The topological polar surface area (TPSA) is 80.3 Å². The zero-order valence-electron chi connectivity index (χ0n) is 8.84. The molecule has 1 unspecified atom stereocenters. The molecule has 1 aromatic heterocycles. The molecule has 0 saturated heterocycles. The lowest BCUT2D eigenvalue weighted by atomic mass is 10.2. The fraction of sp³-hybridized carbons (Fsp3) is 0.182. The van der Waals surface area contributed by atoms with Crippen LogP contribution < -0.4 is 11.1 Å². The quantitative estimate of drug-likeness (QED) is 0.671. The number of benzene rings is 1. The van der Waals surface area contributed by atoms with Crippen molar-refractivity contribution in [3.8, 4) is 0 Å². The van der Waals surface area contributed by atoms with Crippen molar-refractivity contribution in [3.05, 3.63) is 36.0 Å². The summed E-state index contributed by atoms with van der Waals surface area (Å²) in [7, 11) is 0. The molecule has 0 saturated carbocycles. The minimum Gasteiger partial charge on any atom is -0.428 e. The van der Waals surface area contributed by atoms with Crippen molar-refractivity contribution in [3.63, 3.8) is 0 Å². The molecule has 5 nitrogen and oxygen atoms in total. The lowest BCUT2D eigenvalue weighted by Crippen LogP contribution is -2.32. The lowest BCUT2D eigenvalue weighted by molar-refractivity contribution is 0.184. The van der Waals surface area contributed by atoms with Gasteiger partial charge in [-0.25, -0.2) is 4.79 Å². The Morgan fingerprint density at radius 2 is 2.19 bits per heavy atom. The van der Waals surface area contributed by atoms with Gasteiger partial charge >= 0.3 is 6.03 Å². The van der Waals surface area contributed by atoms with E-state index in [4.69, 9.17) is 5.73 Å². The van der Waals surface area contributed by atoms with E-state index in [1.807, 2.05) is 24.3 Å². The van der Waals surface area contributed by atoms with Crippen LogP contribution in [0, 0.1) is 0 Å². The van der Waals surface area contributed by atoms with Gasteiger partial charge in [-0.15, -0.1) is 0 Å². The standard InChI is InChI=1S/C11H13N3O2/c1-7(13-11(12)15)10-6-8-4-2-3-5-9(8)14(10)16/h2-7,16H,1H3,(H3,12,13,15). The summed E-state index contributed by atoms with van der Waals surface area (Å²) >= 11 is 0. The number of nitrogens with one attached hydrogen (secondary N) is 1. The first kappa shape index (κ1) is 10.4. The molecule has 0 aliphatic rings. The van der Waals surface area contributed by atoms with E-state index in [0.717, 1.165) is 10.1 Å². The summed E-state index contributed by atoms with van der Waals surface area (Å²) in [6, 6.07) is 8.28. The second kappa shape index (κ2) is 3.77. The second-order valence-electron chi connectivity index (χ2n) is 3.67. The highest BCUT2D eigenvalue weighted by Crippen LogP contribution is 2.22. The van der Waals surface area contributed by atoms with E-state index in [0.29, 0.717) is 11.2 Å². The molecule has 0 aliphatic heterocycles. The van der Waals surface area contributed by atoms with Crippen LogP contribution in [0.3, 0.4) is 0 Å². The van der Waals surface area contributed by atoms with Crippen molar-refractivity contribution in [2.45, 2.75) is 13.0 Å². The Bertz CT molecular complexity index is 533. The van der Waals surface area contributed by atoms with E-state index >= 15 is 0 Å². The third-order valence-electron chi connectivity index (χ3n) is 2.52. The molecule has 0 bridgehead atoms. The average Bonchev–Trinajstić information content (AvgIpc) is 2.56. The predicted molar refractivity (Wildman–Crippen MR) is 60.3 cm³/mol. The molecule has 0 fully saturated rings. The van der Waals surface area contributed by atoms with Crippen LogP contribution in [-0.4, -0.2) is 16.0 Å². The third-order valence-corrected chi connectivity index (χ3v) is 2.52. The van der Waals surface area contributed by atoms with Crippen LogP contribution in [0.25, 0.3) is 10.9 Å². The number of rotatable bonds is 2. The van der Waals surface area contributed by atoms with Crippen LogP contribution in [0.1, 0.15) is 18.7 Å². The van der Waals surface area contributed by atoms with Gasteiger partial charge in [0.15, 0.2) is 0 Å². The molecule has 84 valence electrons. The lowest BCUT2D eigenvalue weighted by Gasteiger charge is -2.11. The number of hydrogen-bond acceptors (Lipinski definition) is 2. The molecule has 2 rings (SSSR count). The van der Waals surface area contributed by atoms with Crippen LogP contribution in [0.15, 0.2) is 30.3 Å². The number of amides is 2. The Kier molecular flexibility index (Phi) is 2.44. The summed E-state index contributed by atoms with van der Waals surface area (Å²) in [6.07, 6.45) is 0. The van der Waals surface area contributed by atoms with Gasteiger partial charge in [-0.3, -0.25) is 0 Å². The fourth-order valence-corrected chi connectivity index (χ4v) is 1.76. The van der Waals surface area contributed by atoms with Crippen LogP contribution in [0.4, 0.5) is 4.79 Å². The first-order valence-corrected chi connectivity index (χ1v) is 4.95.